The fraction of sp³-hybridized carbons (Fsp3) is 0.214. The number of rotatable bonds is 2. The average Bonchev–Trinajstić information content (AvgIpc) is 2.81. The highest BCUT2D eigenvalue weighted by atomic mass is 19.1. The summed E-state index contributed by atoms with van der Waals surface area (Å²) in [5.74, 6) is 0.480. The van der Waals surface area contributed by atoms with Crippen LogP contribution in [0.2, 0.25) is 0 Å². The predicted molar refractivity (Wildman–Crippen MR) is 66.8 cm³/mol. The van der Waals surface area contributed by atoms with Gasteiger partial charge < -0.3 is 10.5 Å². The van der Waals surface area contributed by atoms with E-state index in [-0.39, 0.29) is 11.9 Å². The van der Waals surface area contributed by atoms with Crippen LogP contribution in [0.1, 0.15) is 5.56 Å². The van der Waals surface area contributed by atoms with Crippen LogP contribution in [-0.4, -0.2) is 17.6 Å². The van der Waals surface area contributed by atoms with Crippen molar-refractivity contribution in [2.75, 3.05) is 6.54 Å². The van der Waals surface area contributed by atoms with Crippen LogP contribution in [0.3, 0.4) is 0 Å². The highest BCUT2D eigenvalue weighted by Crippen LogP contribution is 2.39. The highest BCUT2D eigenvalue weighted by molar-refractivity contribution is 5.72. The van der Waals surface area contributed by atoms with Crippen molar-refractivity contribution in [2.24, 2.45) is 5.73 Å². The van der Waals surface area contributed by atoms with E-state index in [1.54, 1.807) is 12.4 Å². The third-order valence-electron chi connectivity index (χ3n) is 3.10. The van der Waals surface area contributed by atoms with Gasteiger partial charge >= 0.3 is 0 Å². The molecule has 2 aromatic rings. The monoisotopic (exact) mass is 244 g/mol. The van der Waals surface area contributed by atoms with Crippen LogP contribution in [-0.2, 0) is 6.42 Å². The third-order valence-corrected chi connectivity index (χ3v) is 3.10. The number of ether oxygens (including phenoxy) is 1. The molecule has 0 bridgehead atoms. The van der Waals surface area contributed by atoms with E-state index in [9.17, 15) is 4.39 Å². The topological polar surface area (TPSA) is 48.1 Å². The SMILES string of the molecule is NC[C@H]1Cc2cc(F)cc(-c3cccnc3)c2O1. The van der Waals surface area contributed by atoms with Crippen molar-refractivity contribution in [3.05, 3.63) is 48.0 Å². The van der Waals surface area contributed by atoms with Gasteiger partial charge in [0.05, 0.1) is 0 Å². The summed E-state index contributed by atoms with van der Waals surface area (Å²) in [7, 11) is 0. The maximum absolute atomic E-state index is 13.6. The first kappa shape index (κ1) is 11.2. The van der Waals surface area contributed by atoms with Crippen LogP contribution < -0.4 is 10.5 Å². The number of hydrogen-bond acceptors (Lipinski definition) is 3. The molecule has 0 saturated heterocycles. The van der Waals surface area contributed by atoms with Gasteiger partial charge in [-0.15, -0.1) is 0 Å². The molecule has 2 heterocycles. The van der Waals surface area contributed by atoms with Crippen molar-refractivity contribution in [3.8, 4) is 16.9 Å². The molecule has 0 aliphatic carbocycles. The van der Waals surface area contributed by atoms with E-state index in [1.807, 2.05) is 12.1 Å². The predicted octanol–water partition coefficient (Wildman–Crippen LogP) is 2.15. The number of nitrogens with zero attached hydrogens (tertiary/aromatic N) is 1. The lowest BCUT2D eigenvalue weighted by Crippen LogP contribution is -2.24. The van der Waals surface area contributed by atoms with E-state index in [1.165, 1.54) is 12.1 Å². The van der Waals surface area contributed by atoms with Crippen LogP contribution in [0.4, 0.5) is 4.39 Å². The van der Waals surface area contributed by atoms with Crippen LogP contribution >= 0.6 is 0 Å². The standard InChI is InChI=1S/C14H13FN2O/c15-11-4-10-5-12(7-16)18-14(10)13(6-11)9-2-1-3-17-8-9/h1-4,6,8,12H,5,7,16H2/t12-/m1/s1. The van der Waals surface area contributed by atoms with Crippen molar-refractivity contribution < 1.29 is 9.13 Å². The number of pyridine rings is 1. The molecule has 0 saturated carbocycles. The summed E-state index contributed by atoms with van der Waals surface area (Å²) in [6.45, 7) is 0.433. The minimum atomic E-state index is -0.256. The fourth-order valence-corrected chi connectivity index (χ4v) is 2.26. The van der Waals surface area contributed by atoms with Crippen molar-refractivity contribution in [1.29, 1.82) is 0 Å². The Balaban J connectivity index is 2.12. The Morgan fingerprint density at radius 3 is 3.06 bits per heavy atom. The van der Waals surface area contributed by atoms with E-state index >= 15 is 0 Å². The van der Waals surface area contributed by atoms with Crippen LogP contribution in [0, 0.1) is 5.82 Å². The van der Waals surface area contributed by atoms with E-state index in [4.69, 9.17) is 10.5 Å². The number of benzene rings is 1. The first-order valence-electron chi connectivity index (χ1n) is 5.87. The molecular formula is C14H13FN2O. The Labute approximate surface area is 104 Å². The molecule has 3 nitrogen and oxygen atoms in total. The molecule has 3 rings (SSSR count). The van der Waals surface area contributed by atoms with Crippen LogP contribution in [0.15, 0.2) is 36.7 Å². The number of hydrogen-bond donors (Lipinski definition) is 1. The summed E-state index contributed by atoms with van der Waals surface area (Å²) in [5.41, 5.74) is 8.09. The molecule has 1 aliphatic heterocycles. The smallest absolute Gasteiger partial charge is 0.131 e. The Morgan fingerprint density at radius 1 is 1.44 bits per heavy atom. The zero-order valence-electron chi connectivity index (χ0n) is 9.77. The molecule has 1 aromatic carbocycles. The lowest BCUT2D eigenvalue weighted by atomic mass is 10.0. The van der Waals surface area contributed by atoms with Gasteiger partial charge in [-0.25, -0.2) is 4.39 Å². The Kier molecular flexibility index (Phi) is 2.72. The molecule has 0 fully saturated rings. The molecule has 0 amide bonds. The number of fused-ring (bicyclic) bond motifs is 1. The molecule has 1 atom stereocenters. The first-order chi connectivity index (χ1) is 8.78. The second-order valence-electron chi connectivity index (χ2n) is 4.36. The number of nitrogens with two attached hydrogens (primary N) is 1. The lowest BCUT2D eigenvalue weighted by molar-refractivity contribution is 0.242. The van der Waals surface area contributed by atoms with Gasteiger partial charge in [-0.1, -0.05) is 6.07 Å². The average molecular weight is 244 g/mol. The van der Waals surface area contributed by atoms with Gasteiger partial charge in [0.15, 0.2) is 0 Å². The van der Waals surface area contributed by atoms with E-state index in [0.29, 0.717) is 13.0 Å². The molecule has 1 aromatic heterocycles. The number of aromatic nitrogens is 1. The van der Waals surface area contributed by atoms with Crippen LogP contribution in [0.25, 0.3) is 11.1 Å². The molecule has 4 heteroatoms. The van der Waals surface area contributed by atoms with Gasteiger partial charge in [-0.3, -0.25) is 4.98 Å². The highest BCUT2D eigenvalue weighted by Gasteiger charge is 2.25. The van der Waals surface area contributed by atoms with Crippen molar-refractivity contribution >= 4 is 0 Å². The first-order valence-corrected chi connectivity index (χ1v) is 5.87. The Hall–Kier alpha value is -1.94. The summed E-state index contributed by atoms with van der Waals surface area (Å²) in [5, 5.41) is 0. The van der Waals surface area contributed by atoms with Gasteiger partial charge in [0.25, 0.3) is 0 Å². The summed E-state index contributed by atoms with van der Waals surface area (Å²) in [6, 6.07) is 6.71. The largest absolute Gasteiger partial charge is 0.488 e. The minimum absolute atomic E-state index is 0.0581. The molecule has 92 valence electrons. The zero-order chi connectivity index (χ0) is 12.5. The van der Waals surface area contributed by atoms with Crippen molar-refractivity contribution in [1.82, 2.24) is 4.98 Å². The van der Waals surface area contributed by atoms with E-state index in [2.05, 4.69) is 4.98 Å². The summed E-state index contributed by atoms with van der Waals surface area (Å²) >= 11 is 0. The van der Waals surface area contributed by atoms with Crippen LogP contribution in [0.5, 0.6) is 5.75 Å². The van der Waals surface area contributed by atoms with Crippen molar-refractivity contribution in [3.63, 3.8) is 0 Å². The maximum Gasteiger partial charge on any atom is 0.131 e. The fourth-order valence-electron chi connectivity index (χ4n) is 2.26. The molecule has 1 aliphatic rings. The quantitative estimate of drug-likeness (QED) is 0.880. The summed E-state index contributed by atoms with van der Waals surface area (Å²) in [6.07, 6.45) is 4.00. The Bertz CT molecular complexity index is 572. The van der Waals surface area contributed by atoms with Gasteiger partial charge in [0, 0.05) is 42.0 Å². The number of halogens is 1. The zero-order valence-corrected chi connectivity index (χ0v) is 9.77. The van der Waals surface area contributed by atoms with Gasteiger partial charge in [0.1, 0.15) is 17.7 Å². The van der Waals surface area contributed by atoms with E-state index in [0.717, 1.165) is 22.4 Å². The molecule has 0 spiro atoms. The molecule has 0 radical (unpaired) electrons. The molecular weight excluding hydrogens is 231 g/mol. The summed E-state index contributed by atoms with van der Waals surface area (Å²) in [4.78, 5) is 4.05. The van der Waals surface area contributed by atoms with Gasteiger partial charge in [-0.2, -0.15) is 0 Å². The van der Waals surface area contributed by atoms with Gasteiger partial charge in [-0.05, 0) is 18.2 Å². The molecule has 18 heavy (non-hydrogen) atoms. The second-order valence-corrected chi connectivity index (χ2v) is 4.36. The minimum Gasteiger partial charge on any atom is -0.488 e. The van der Waals surface area contributed by atoms with Gasteiger partial charge in [0.2, 0.25) is 0 Å². The molecule has 2 N–H and O–H groups in total. The molecule has 0 unspecified atom stereocenters. The normalized spacial score (nSPS) is 17.3. The maximum atomic E-state index is 13.6. The lowest BCUT2D eigenvalue weighted by Gasteiger charge is -2.10. The van der Waals surface area contributed by atoms with Crippen molar-refractivity contribution in [2.45, 2.75) is 12.5 Å². The second kappa shape index (κ2) is 4.38. The van der Waals surface area contributed by atoms with E-state index < -0.39 is 0 Å². The summed E-state index contributed by atoms with van der Waals surface area (Å²) < 4.78 is 19.4. The Morgan fingerprint density at radius 2 is 2.33 bits per heavy atom. The third kappa shape index (κ3) is 1.84.